The molecule has 2 rings (SSSR count). The molecule has 2 aliphatic rings. The molecule has 0 bridgehead atoms. The Morgan fingerprint density at radius 3 is 2.14 bits per heavy atom. The van der Waals surface area contributed by atoms with E-state index < -0.39 is 8.07 Å². The van der Waals surface area contributed by atoms with Gasteiger partial charge in [-0.25, -0.2) is 0 Å². The summed E-state index contributed by atoms with van der Waals surface area (Å²) in [5.74, 6) is 0.807. The van der Waals surface area contributed by atoms with Crippen LogP contribution in [0.25, 0.3) is 0 Å². The second-order valence-electron chi connectivity index (χ2n) is 7.75. The molecular weight excluding hydrogens is 374 g/mol. The normalized spacial score (nSPS) is 21.7. The van der Waals surface area contributed by atoms with Crippen LogP contribution in [-0.2, 0) is 20.4 Å². The number of allylic oxidation sites excluding steroid dienone is 4. The molecule has 120 valence electrons. The summed E-state index contributed by atoms with van der Waals surface area (Å²) in [6, 6.07) is 1.46. The van der Waals surface area contributed by atoms with E-state index in [0.717, 1.165) is 5.92 Å². The van der Waals surface area contributed by atoms with Gasteiger partial charge in [-0.3, -0.25) is 0 Å². The fourth-order valence-corrected chi connectivity index (χ4v) is 6.16. The van der Waals surface area contributed by atoms with Crippen molar-refractivity contribution in [3.63, 3.8) is 0 Å². The van der Waals surface area contributed by atoms with E-state index in [1.54, 1.807) is 9.45 Å². The maximum absolute atomic E-state index is 2.58. The Morgan fingerprint density at radius 2 is 1.62 bits per heavy atom. The van der Waals surface area contributed by atoms with Crippen LogP contribution in [0.3, 0.4) is 0 Å². The van der Waals surface area contributed by atoms with Crippen LogP contribution >= 0.6 is 0 Å². The van der Waals surface area contributed by atoms with Crippen molar-refractivity contribution < 1.29 is 57.7 Å². The maximum atomic E-state index is 2.58. The molecule has 0 aromatic rings. The SMILES string of the molecule is CC(C)(C)[Si](C)(C)CC1[C]([Ti+3])=CC2=C1CCCC2.[Cl-].[Cl-].[Cl-]. The molecule has 0 aromatic carbocycles. The molecule has 0 amide bonds. The molecule has 0 fully saturated rings. The van der Waals surface area contributed by atoms with Gasteiger partial charge in [0.1, 0.15) is 0 Å². The Labute approximate surface area is 162 Å². The van der Waals surface area contributed by atoms with Gasteiger partial charge in [0.05, 0.1) is 0 Å². The summed E-state index contributed by atoms with van der Waals surface area (Å²) in [5, 5.41) is 0.519. The van der Waals surface area contributed by atoms with Gasteiger partial charge in [0.15, 0.2) is 0 Å². The summed E-state index contributed by atoms with van der Waals surface area (Å²) in [6.45, 7) is 12.5. The van der Waals surface area contributed by atoms with E-state index in [2.05, 4.69) is 60.4 Å². The molecule has 0 radical (unpaired) electrons. The molecule has 0 nitrogen and oxygen atoms in total. The third-order valence-corrected chi connectivity index (χ3v) is 11.7. The van der Waals surface area contributed by atoms with E-state index in [-0.39, 0.29) is 37.2 Å². The summed E-state index contributed by atoms with van der Waals surface area (Å²) >= 11 is 2.37. The van der Waals surface area contributed by atoms with Crippen molar-refractivity contribution in [2.45, 2.75) is 70.6 Å². The molecule has 0 heterocycles. The molecule has 0 aromatic heterocycles. The fraction of sp³-hybridized carbons (Fsp3) is 0.750. The third kappa shape index (κ3) is 5.40. The molecule has 0 saturated carbocycles. The van der Waals surface area contributed by atoms with Crippen LogP contribution in [0.2, 0.25) is 24.2 Å². The van der Waals surface area contributed by atoms with Gasteiger partial charge < -0.3 is 37.2 Å². The van der Waals surface area contributed by atoms with E-state index in [4.69, 9.17) is 0 Å². The molecule has 5 heteroatoms. The largest absolute Gasteiger partial charge is 1.00 e. The van der Waals surface area contributed by atoms with Crippen LogP contribution in [0.1, 0.15) is 46.5 Å². The fourth-order valence-electron chi connectivity index (χ4n) is 3.04. The molecule has 0 aliphatic heterocycles. The van der Waals surface area contributed by atoms with Crippen molar-refractivity contribution in [3.05, 3.63) is 21.1 Å². The summed E-state index contributed by atoms with van der Waals surface area (Å²) < 4.78 is 1.66. The molecule has 0 N–H and O–H groups in total. The second kappa shape index (κ2) is 8.95. The van der Waals surface area contributed by atoms with Gasteiger partial charge in [-0.1, -0.05) is 0 Å². The van der Waals surface area contributed by atoms with Crippen molar-refractivity contribution in [1.82, 2.24) is 0 Å². The van der Waals surface area contributed by atoms with E-state index in [1.807, 2.05) is 5.57 Å². The Kier molecular flexibility index (Phi) is 10.5. The zero-order valence-electron chi connectivity index (χ0n) is 13.8. The van der Waals surface area contributed by atoms with Crippen molar-refractivity contribution >= 4 is 8.07 Å². The third-order valence-electron chi connectivity index (χ3n) is 5.43. The molecule has 1 unspecified atom stereocenters. The van der Waals surface area contributed by atoms with Gasteiger partial charge in [0.2, 0.25) is 0 Å². The van der Waals surface area contributed by atoms with Crippen molar-refractivity contribution in [3.8, 4) is 0 Å². The Hall–Kier alpha value is 1.28. The topological polar surface area (TPSA) is 0 Å². The molecule has 21 heavy (non-hydrogen) atoms. The van der Waals surface area contributed by atoms with Crippen LogP contribution in [0, 0.1) is 5.92 Å². The first kappa shape index (κ1) is 24.5. The van der Waals surface area contributed by atoms with E-state index >= 15 is 0 Å². The number of hydrogen-bond donors (Lipinski definition) is 0. The molecule has 0 saturated heterocycles. The van der Waals surface area contributed by atoms with E-state index in [9.17, 15) is 0 Å². The quantitative estimate of drug-likeness (QED) is 0.420. The van der Waals surface area contributed by atoms with Crippen LogP contribution in [0.15, 0.2) is 21.1 Å². The first-order valence-electron chi connectivity index (χ1n) is 7.37. The van der Waals surface area contributed by atoms with Crippen LogP contribution in [0.5, 0.6) is 0 Å². The van der Waals surface area contributed by atoms with Crippen LogP contribution in [-0.4, -0.2) is 8.07 Å². The van der Waals surface area contributed by atoms with Crippen molar-refractivity contribution in [2.24, 2.45) is 5.92 Å². The van der Waals surface area contributed by atoms with Crippen molar-refractivity contribution in [1.29, 1.82) is 0 Å². The predicted molar refractivity (Wildman–Crippen MR) is 79.1 cm³/mol. The number of rotatable bonds is 2. The monoisotopic (exact) mass is 400 g/mol. The van der Waals surface area contributed by atoms with E-state index in [1.165, 1.54) is 31.7 Å². The first-order chi connectivity index (χ1) is 8.22. The van der Waals surface area contributed by atoms with Crippen LogP contribution in [0.4, 0.5) is 0 Å². The molecule has 1 atom stereocenters. The van der Waals surface area contributed by atoms with Gasteiger partial charge in [0, 0.05) is 0 Å². The van der Waals surface area contributed by atoms with E-state index in [0.29, 0.717) is 5.04 Å². The Balaban J connectivity index is 0. The maximum Gasteiger partial charge on any atom is -1.00 e. The van der Waals surface area contributed by atoms with Gasteiger partial charge >= 0.3 is 126 Å². The zero-order chi connectivity index (χ0) is 13.6. The minimum absolute atomic E-state index is 0. The van der Waals surface area contributed by atoms with Gasteiger partial charge in [-0.2, -0.15) is 0 Å². The first-order valence-corrected chi connectivity index (χ1v) is 11.4. The average molecular weight is 402 g/mol. The predicted octanol–water partition coefficient (Wildman–Crippen LogP) is -3.56. The molecule has 0 spiro atoms. The average Bonchev–Trinajstić information content (AvgIpc) is 2.54. The number of halogens is 3. The molecule has 2 aliphatic carbocycles. The van der Waals surface area contributed by atoms with Gasteiger partial charge in [-0.15, -0.1) is 0 Å². The molecular formula is C16H27Cl3SiTi. The minimum Gasteiger partial charge on any atom is -1.00 e. The summed E-state index contributed by atoms with van der Waals surface area (Å²) in [7, 11) is -1.16. The Bertz CT molecular complexity index is 408. The second-order valence-corrected chi connectivity index (χ2v) is 14.3. The smallest absolute Gasteiger partial charge is 1.00 e. The van der Waals surface area contributed by atoms with Gasteiger partial charge in [-0.05, 0) is 0 Å². The summed E-state index contributed by atoms with van der Waals surface area (Å²) in [6.07, 6.45) is 8.08. The minimum atomic E-state index is -1.16. The van der Waals surface area contributed by atoms with Gasteiger partial charge in [0.25, 0.3) is 0 Å². The standard InChI is InChI=1S/C16H27Si.3ClH.Ti/c1-16(2,3)17(4,5)12-14-11-10-13-8-6-7-9-15(13)14;;;;/h10,14H,6-9,12H2,1-5H3;3*1H;/q;;;;+3/p-3. The Morgan fingerprint density at radius 1 is 1.10 bits per heavy atom. The number of hydrogen-bond acceptors (Lipinski definition) is 0. The summed E-state index contributed by atoms with van der Waals surface area (Å²) in [4.78, 5) is 0. The van der Waals surface area contributed by atoms with Crippen molar-refractivity contribution in [2.75, 3.05) is 0 Å². The van der Waals surface area contributed by atoms with Crippen LogP contribution < -0.4 is 37.2 Å². The zero-order valence-corrected chi connectivity index (χ0v) is 18.7. The summed E-state index contributed by atoms with van der Waals surface area (Å²) in [5.41, 5.74) is 3.53.